The number of nitrogens with zero attached hydrogens (tertiary/aromatic N) is 4. The number of pyridine rings is 1. The molecular weight excluding hydrogens is 308 g/mol. The highest BCUT2D eigenvalue weighted by Gasteiger charge is 2.08. The smallest absolute Gasteiger partial charge is 0.332 e. The van der Waals surface area contributed by atoms with E-state index in [1.807, 2.05) is 0 Å². The molecule has 0 radical (unpaired) electrons. The molecule has 2 aromatic heterocycles. The van der Waals surface area contributed by atoms with Crippen LogP contribution in [0.4, 0.5) is 0 Å². The fourth-order valence-corrected chi connectivity index (χ4v) is 1.80. The van der Waals surface area contributed by atoms with Crippen molar-refractivity contribution in [2.45, 2.75) is 20.0 Å². The average molecular weight is 323 g/mol. The van der Waals surface area contributed by atoms with Crippen LogP contribution in [0.25, 0.3) is 17.6 Å². The number of methoxy groups -OCH3 is 1. The van der Waals surface area contributed by atoms with Crippen LogP contribution in [0.2, 0.25) is 5.15 Å². The summed E-state index contributed by atoms with van der Waals surface area (Å²) in [6.07, 6.45) is 4.03. The molecule has 0 saturated heterocycles. The van der Waals surface area contributed by atoms with Crippen molar-refractivity contribution < 1.29 is 14.3 Å². The first-order valence-corrected chi connectivity index (χ1v) is 6.87. The van der Waals surface area contributed by atoms with E-state index in [-0.39, 0.29) is 11.3 Å². The monoisotopic (exact) mass is 322 g/mol. The Morgan fingerprint density at radius 1 is 1.41 bits per heavy atom. The molecule has 2 aromatic rings. The number of ether oxygens (including phenoxy) is 2. The molecule has 7 nitrogen and oxygen atoms in total. The highest BCUT2D eigenvalue weighted by Crippen LogP contribution is 2.22. The van der Waals surface area contributed by atoms with Gasteiger partial charge in [-0.3, -0.25) is 0 Å². The van der Waals surface area contributed by atoms with Gasteiger partial charge < -0.3 is 9.47 Å². The zero-order valence-electron chi connectivity index (χ0n) is 12.4. The van der Waals surface area contributed by atoms with E-state index in [9.17, 15) is 4.79 Å². The molecule has 0 amide bonds. The van der Waals surface area contributed by atoms with Crippen molar-refractivity contribution >= 4 is 23.8 Å². The second-order valence-electron chi connectivity index (χ2n) is 4.57. The molecular formula is C14H15ClN4O3. The molecule has 22 heavy (non-hydrogen) atoms. The summed E-state index contributed by atoms with van der Waals surface area (Å²) >= 11 is 5.91. The van der Waals surface area contributed by atoms with E-state index in [4.69, 9.17) is 21.1 Å². The minimum Gasteiger partial charge on any atom is -0.481 e. The van der Waals surface area contributed by atoms with Crippen molar-refractivity contribution in [1.29, 1.82) is 0 Å². The zero-order chi connectivity index (χ0) is 16.1. The summed E-state index contributed by atoms with van der Waals surface area (Å²) in [7, 11) is 1.50. The zero-order valence-corrected chi connectivity index (χ0v) is 13.1. The number of hydrogen-bond donors (Lipinski definition) is 0. The molecule has 0 aliphatic rings. The summed E-state index contributed by atoms with van der Waals surface area (Å²) in [6, 6.07) is 3.29. The van der Waals surface area contributed by atoms with Crippen molar-refractivity contribution in [3.05, 3.63) is 29.7 Å². The normalized spacial score (nSPS) is 11.1. The molecule has 0 fully saturated rings. The summed E-state index contributed by atoms with van der Waals surface area (Å²) in [5.41, 5.74) is 0.661. The molecule has 0 aromatic carbocycles. The second kappa shape index (κ2) is 7.04. The van der Waals surface area contributed by atoms with Crippen molar-refractivity contribution in [3.63, 3.8) is 0 Å². The molecule has 0 N–H and O–H groups in total. The van der Waals surface area contributed by atoms with Crippen molar-refractivity contribution in [2.24, 2.45) is 0 Å². The first-order valence-electron chi connectivity index (χ1n) is 6.50. The van der Waals surface area contributed by atoms with Gasteiger partial charge in [-0.05, 0) is 19.9 Å². The topological polar surface area (TPSA) is 79.1 Å². The van der Waals surface area contributed by atoms with Crippen LogP contribution in [-0.2, 0) is 9.53 Å². The van der Waals surface area contributed by atoms with Crippen LogP contribution in [0.15, 0.2) is 24.5 Å². The highest BCUT2D eigenvalue weighted by atomic mass is 35.5. The predicted molar refractivity (Wildman–Crippen MR) is 81.4 cm³/mol. The Morgan fingerprint density at radius 3 is 2.86 bits per heavy atom. The molecule has 0 bridgehead atoms. The lowest BCUT2D eigenvalue weighted by Crippen LogP contribution is -2.08. The number of halogens is 1. The van der Waals surface area contributed by atoms with Gasteiger partial charge >= 0.3 is 5.97 Å². The maximum absolute atomic E-state index is 11.4. The lowest BCUT2D eigenvalue weighted by Gasteiger charge is -2.03. The van der Waals surface area contributed by atoms with Crippen LogP contribution in [-0.4, -0.2) is 38.9 Å². The Balaban J connectivity index is 2.16. The van der Waals surface area contributed by atoms with Crippen LogP contribution < -0.4 is 4.74 Å². The number of esters is 1. The number of carbonyl (C=O) groups excluding carboxylic acids is 1. The van der Waals surface area contributed by atoms with Crippen LogP contribution in [0, 0.1) is 0 Å². The third-order valence-electron chi connectivity index (χ3n) is 2.46. The van der Waals surface area contributed by atoms with E-state index in [2.05, 4.69) is 15.1 Å². The van der Waals surface area contributed by atoms with Gasteiger partial charge in [-0.15, -0.1) is 5.10 Å². The maximum atomic E-state index is 11.4. The van der Waals surface area contributed by atoms with Crippen molar-refractivity contribution in [3.8, 4) is 17.3 Å². The van der Waals surface area contributed by atoms with Crippen LogP contribution in [0.1, 0.15) is 13.8 Å². The number of carbonyl (C=O) groups is 1. The molecule has 0 saturated carbocycles. The minimum absolute atomic E-state index is 0.171. The Hall–Kier alpha value is -2.41. The Labute approximate surface area is 132 Å². The second-order valence-corrected chi connectivity index (χ2v) is 4.96. The van der Waals surface area contributed by atoms with Crippen LogP contribution >= 0.6 is 11.6 Å². The molecule has 8 heteroatoms. The van der Waals surface area contributed by atoms with E-state index in [0.29, 0.717) is 17.3 Å². The number of rotatable bonds is 5. The lowest BCUT2D eigenvalue weighted by molar-refractivity contribution is -0.141. The van der Waals surface area contributed by atoms with Gasteiger partial charge in [0.1, 0.15) is 11.5 Å². The molecule has 0 atom stereocenters. The maximum Gasteiger partial charge on any atom is 0.332 e. The van der Waals surface area contributed by atoms with E-state index in [0.717, 1.165) is 0 Å². The van der Waals surface area contributed by atoms with Gasteiger partial charge in [0.25, 0.3) is 0 Å². The Bertz CT molecular complexity index is 697. The molecule has 116 valence electrons. The SMILES string of the molecule is COc1cc(-c2ncn(C=CC(=O)OC(C)C)n2)cc(Cl)n1. The summed E-state index contributed by atoms with van der Waals surface area (Å²) in [5, 5.41) is 4.50. The molecule has 0 spiro atoms. The van der Waals surface area contributed by atoms with Crippen LogP contribution in [0.5, 0.6) is 5.88 Å². The van der Waals surface area contributed by atoms with E-state index in [1.165, 1.54) is 30.4 Å². The van der Waals surface area contributed by atoms with E-state index in [1.54, 1.807) is 26.0 Å². The van der Waals surface area contributed by atoms with Gasteiger partial charge in [0, 0.05) is 23.9 Å². The summed E-state index contributed by atoms with van der Waals surface area (Å²) in [5.74, 6) is 0.361. The van der Waals surface area contributed by atoms with Gasteiger partial charge in [-0.2, -0.15) is 0 Å². The van der Waals surface area contributed by atoms with Gasteiger partial charge in [0.05, 0.1) is 13.2 Å². The first-order chi connectivity index (χ1) is 10.5. The summed E-state index contributed by atoms with van der Waals surface area (Å²) in [6.45, 7) is 3.56. The summed E-state index contributed by atoms with van der Waals surface area (Å²) in [4.78, 5) is 19.5. The fourth-order valence-electron chi connectivity index (χ4n) is 1.59. The predicted octanol–water partition coefficient (Wildman–Crippen LogP) is 2.42. The van der Waals surface area contributed by atoms with E-state index >= 15 is 0 Å². The van der Waals surface area contributed by atoms with Gasteiger partial charge in [-0.25, -0.2) is 19.4 Å². The largest absolute Gasteiger partial charge is 0.481 e. The number of aromatic nitrogens is 4. The quantitative estimate of drug-likeness (QED) is 0.478. The number of hydrogen-bond acceptors (Lipinski definition) is 6. The molecule has 0 unspecified atom stereocenters. The highest BCUT2D eigenvalue weighted by molar-refractivity contribution is 6.29. The van der Waals surface area contributed by atoms with Crippen LogP contribution in [0.3, 0.4) is 0 Å². The Morgan fingerprint density at radius 2 is 2.18 bits per heavy atom. The third-order valence-corrected chi connectivity index (χ3v) is 2.66. The molecule has 0 aliphatic heterocycles. The molecule has 2 rings (SSSR count). The van der Waals surface area contributed by atoms with Gasteiger partial charge in [0.2, 0.25) is 5.88 Å². The lowest BCUT2D eigenvalue weighted by atomic mass is 10.2. The van der Waals surface area contributed by atoms with Gasteiger partial charge in [0.15, 0.2) is 5.82 Å². The van der Waals surface area contributed by atoms with Gasteiger partial charge in [-0.1, -0.05) is 11.6 Å². The van der Waals surface area contributed by atoms with Crippen molar-refractivity contribution in [2.75, 3.05) is 7.11 Å². The standard InChI is InChI=1S/C14H15ClN4O3/c1-9(2)22-13(20)4-5-19-8-16-14(18-19)10-6-11(15)17-12(7-10)21-3/h4-9H,1-3H3. The summed E-state index contributed by atoms with van der Waals surface area (Å²) < 4.78 is 11.4. The minimum atomic E-state index is -0.444. The first kappa shape index (κ1) is 16.0. The fraction of sp³-hybridized carbons (Fsp3) is 0.286. The average Bonchev–Trinajstić information content (AvgIpc) is 2.92. The molecule has 2 heterocycles. The van der Waals surface area contributed by atoms with E-state index < -0.39 is 5.97 Å². The van der Waals surface area contributed by atoms with Crippen molar-refractivity contribution in [1.82, 2.24) is 19.7 Å². The third kappa shape index (κ3) is 4.29. The molecule has 0 aliphatic carbocycles. The Kier molecular flexibility index (Phi) is 5.11.